The highest BCUT2D eigenvalue weighted by atomic mass is 14.6. The molecule has 0 fully saturated rings. The Morgan fingerprint density at radius 3 is 2.45 bits per heavy atom. The lowest BCUT2D eigenvalue weighted by Crippen LogP contribution is -2.02. The molecule has 6 rings (SSSR count). The van der Waals surface area contributed by atoms with Crippen LogP contribution in [0.1, 0.15) is 29.5 Å². The molecule has 142 valence electrons. The molecule has 4 aromatic carbocycles. The van der Waals surface area contributed by atoms with Crippen LogP contribution in [0.5, 0.6) is 0 Å². The first kappa shape index (κ1) is 17.9. The topological polar surface area (TPSA) is 12.9 Å². The van der Waals surface area contributed by atoms with E-state index in [9.17, 15) is 0 Å². The van der Waals surface area contributed by atoms with E-state index in [1.807, 2.05) is 18.3 Å². The maximum Gasteiger partial charge on any atom is 0.0702 e. The highest BCUT2D eigenvalue weighted by Gasteiger charge is 2.13. The second kappa shape index (κ2) is 7.67. The zero-order chi connectivity index (χ0) is 19.6. The maximum atomic E-state index is 4.22. The summed E-state index contributed by atoms with van der Waals surface area (Å²) >= 11 is 0. The quantitative estimate of drug-likeness (QED) is 0.257. The van der Waals surface area contributed by atoms with Gasteiger partial charge in [-0.15, -0.1) is 0 Å². The number of aryl methyl sites for hydroxylation is 3. The van der Waals surface area contributed by atoms with E-state index >= 15 is 0 Å². The Balaban J connectivity index is 0.000000142. The van der Waals surface area contributed by atoms with Gasteiger partial charge in [0.05, 0.1) is 5.52 Å². The lowest BCUT2D eigenvalue weighted by molar-refractivity contribution is 0.690. The number of hydrogen-bond acceptors (Lipinski definition) is 1. The standard InChI is InChI=1S/C18H16.C10H9N/c1-3-7-15-13(5-1)9-11-18-16-8-4-2-6-14(16)10-12-17(15)18;1-8-4-5-10-9(7-8)3-2-6-11-10/h1,3,5,7,9-12H,2,4,6,8H2;2-7H,1H3. The predicted octanol–water partition coefficient (Wildman–Crippen LogP) is 7.42. The first-order valence-corrected chi connectivity index (χ1v) is 10.5. The molecule has 0 bridgehead atoms. The van der Waals surface area contributed by atoms with E-state index in [-0.39, 0.29) is 0 Å². The summed E-state index contributed by atoms with van der Waals surface area (Å²) < 4.78 is 0. The molecular weight excluding hydrogens is 350 g/mol. The summed E-state index contributed by atoms with van der Waals surface area (Å²) in [6.45, 7) is 2.09. The van der Waals surface area contributed by atoms with Gasteiger partial charge in [-0.05, 0) is 83.5 Å². The van der Waals surface area contributed by atoms with Crippen LogP contribution in [0, 0.1) is 6.92 Å². The molecule has 1 heterocycles. The number of rotatable bonds is 0. The third-order valence-corrected chi connectivity index (χ3v) is 6.02. The van der Waals surface area contributed by atoms with E-state index in [0.29, 0.717) is 0 Å². The van der Waals surface area contributed by atoms with Gasteiger partial charge in [0.15, 0.2) is 0 Å². The fourth-order valence-corrected chi connectivity index (χ4v) is 4.54. The number of nitrogens with zero attached hydrogens (tertiary/aromatic N) is 1. The lowest BCUT2D eigenvalue weighted by atomic mass is 9.86. The van der Waals surface area contributed by atoms with Crippen LogP contribution in [-0.2, 0) is 12.8 Å². The number of fused-ring (bicyclic) bond motifs is 6. The Morgan fingerprint density at radius 1 is 0.655 bits per heavy atom. The summed E-state index contributed by atoms with van der Waals surface area (Å²) in [5, 5.41) is 6.86. The van der Waals surface area contributed by atoms with Gasteiger partial charge in [0.25, 0.3) is 0 Å². The van der Waals surface area contributed by atoms with E-state index in [1.54, 1.807) is 11.1 Å². The molecule has 0 unspecified atom stereocenters. The summed E-state index contributed by atoms with van der Waals surface area (Å²) in [7, 11) is 0. The molecule has 1 nitrogen and oxygen atoms in total. The SMILES string of the molecule is Cc1ccc2ncccc2c1.c1ccc2c(c1)ccc1c3c(ccc12)CCCC3. The molecule has 0 aliphatic heterocycles. The van der Waals surface area contributed by atoms with Gasteiger partial charge in [0.1, 0.15) is 0 Å². The third-order valence-electron chi connectivity index (χ3n) is 6.02. The van der Waals surface area contributed by atoms with Gasteiger partial charge >= 0.3 is 0 Å². The van der Waals surface area contributed by atoms with E-state index in [2.05, 4.69) is 78.6 Å². The molecule has 0 saturated heterocycles. The van der Waals surface area contributed by atoms with Crippen molar-refractivity contribution in [2.75, 3.05) is 0 Å². The molecule has 29 heavy (non-hydrogen) atoms. The summed E-state index contributed by atoms with van der Waals surface area (Å²) in [6.07, 6.45) is 7.03. The van der Waals surface area contributed by atoms with Crippen molar-refractivity contribution in [2.45, 2.75) is 32.6 Å². The van der Waals surface area contributed by atoms with Crippen LogP contribution < -0.4 is 0 Å². The molecule has 1 heteroatoms. The van der Waals surface area contributed by atoms with Crippen LogP contribution in [0.3, 0.4) is 0 Å². The van der Waals surface area contributed by atoms with E-state index in [0.717, 1.165) is 5.52 Å². The molecule has 0 radical (unpaired) electrons. The number of hydrogen-bond donors (Lipinski definition) is 0. The average molecular weight is 376 g/mol. The second-order valence-electron chi connectivity index (χ2n) is 7.99. The smallest absolute Gasteiger partial charge is 0.0702 e. The van der Waals surface area contributed by atoms with Crippen LogP contribution in [0.2, 0.25) is 0 Å². The zero-order valence-corrected chi connectivity index (χ0v) is 16.9. The van der Waals surface area contributed by atoms with Crippen molar-refractivity contribution >= 4 is 32.4 Å². The number of aromatic nitrogens is 1. The number of pyridine rings is 1. The van der Waals surface area contributed by atoms with E-state index < -0.39 is 0 Å². The summed E-state index contributed by atoms with van der Waals surface area (Å²) in [6, 6.07) is 28.3. The minimum Gasteiger partial charge on any atom is -0.256 e. The third kappa shape index (κ3) is 3.49. The van der Waals surface area contributed by atoms with Crippen LogP contribution in [0.15, 0.2) is 85.1 Å². The Hall–Kier alpha value is -3.19. The fourth-order valence-electron chi connectivity index (χ4n) is 4.54. The van der Waals surface area contributed by atoms with Crippen molar-refractivity contribution < 1.29 is 0 Å². The van der Waals surface area contributed by atoms with Gasteiger partial charge in [-0.2, -0.15) is 0 Å². The van der Waals surface area contributed by atoms with Crippen molar-refractivity contribution in [1.29, 1.82) is 0 Å². The molecule has 1 aliphatic carbocycles. The van der Waals surface area contributed by atoms with Crippen molar-refractivity contribution in [2.24, 2.45) is 0 Å². The first-order chi connectivity index (χ1) is 14.3. The van der Waals surface area contributed by atoms with Gasteiger partial charge < -0.3 is 0 Å². The molecule has 0 atom stereocenters. The monoisotopic (exact) mass is 375 g/mol. The van der Waals surface area contributed by atoms with Crippen molar-refractivity contribution in [3.63, 3.8) is 0 Å². The Bertz CT molecular complexity index is 1320. The van der Waals surface area contributed by atoms with E-state index in [1.165, 1.54) is 58.2 Å². The fraction of sp³-hybridized carbons (Fsp3) is 0.179. The Kier molecular flexibility index (Phi) is 4.73. The second-order valence-corrected chi connectivity index (χ2v) is 7.99. The summed E-state index contributed by atoms with van der Waals surface area (Å²) in [5.41, 5.74) is 5.53. The molecule has 1 aliphatic rings. The summed E-state index contributed by atoms with van der Waals surface area (Å²) in [5.74, 6) is 0. The normalized spacial score (nSPS) is 13.1. The Morgan fingerprint density at radius 2 is 1.48 bits per heavy atom. The van der Waals surface area contributed by atoms with Gasteiger partial charge in [0.2, 0.25) is 0 Å². The first-order valence-electron chi connectivity index (χ1n) is 10.5. The average Bonchev–Trinajstić information content (AvgIpc) is 2.79. The number of benzene rings is 4. The minimum absolute atomic E-state index is 1.07. The Labute approximate surface area is 172 Å². The zero-order valence-electron chi connectivity index (χ0n) is 16.9. The summed E-state index contributed by atoms with van der Waals surface area (Å²) in [4.78, 5) is 4.22. The molecule has 0 saturated carbocycles. The molecule has 1 aromatic heterocycles. The van der Waals surface area contributed by atoms with Crippen LogP contribution in [-0.4, -0.2) is 4.98 Å². The molecular formula is C28H25N. The van der Waals surface area contributed by atoms with Gasteiger partial charge in [-0.25, -0.2) is 0 Å². The minimum atomic E-state index is 1.07. The van der Waals surface area contributed by atoms with Crippen LogP contribution in [0.25, 0.3) is 32.4 Å². The lowest BCUT2D eigenvalue weighted by Gasteiger charge is -2.18. The van der Waals surface area contributed by atoms with Crippen LogP contribution >= 0.6 is 0 Å². The largest absolute Gasteiger partial charge is 0.256 e. The van der Waals surface area contributed by atoms with Crippen molar-refractivity contribution in [1.82, 2.24) is 4.98 Å². The van der Waals surface area contributed by atoms with Gasteiger partial charge in [0, 0.05) is 11.6 Å². The van der Waals surface area contributed by atoms with E-state index in [4.69, 9.17) is 0 Å². The molecule has 5 aromatic rings. The predicted molar refractivity (Wildman–Crippen MR) is 125 cm³/mol. The van der Waals surface area contributed by atoms with Crippen LogP contribution in [0.4, 0.5) is 0 Å². The molecule has 0 amide bonds. The van der Waals surface area contributed by atoms with Gasteiger partial charge in [-0.1, -0.05) is 66.2 Å². The molecule has 0 spiro atoms. The highest BCUT2D eigenvalue weighted by Crippen LogP contribution is 2.33. The van der Waals surface area contributed by atoms with Gasteiger partial charge in [-0.3, -0.25) is 4.98 Å². The highest BCUT2D eigenvalue weighted by molar-refractivity contribution is 6.08. The maximum absolute atomic E-state index is 4.22. The molecule has 0 N–H and O–H groups in total. The van der Waals surface area contributed by atoms with Crippen molar-refractivity contribution in [3.8, 4) is 0 Å². The van der Waals surface area contributed by atoms with Crippen molar-refractivity contribution in [3.05, 3.63) is 102 Å².